The molecule has 0 atom stereocenters. The normalized spacial score (nSPS) is 11.5. The van der Waals surface area contributed by atoms with Crippen LogP contribution in [0.4, 0.5) is 0 Å². The highest BCUT2D eigenvalue weighted by Crippen LogP contribution is 2.28. The van der Waals surface area contributed by atoms with Gasteiger partial charge in [0.2, 0.25) is 5.28 Å². The number of ether oxygens (including phenoxy) is 1. The summed E-state index contributed by atoms with van der Waals surface area (Å²) in [5, 5.41) is 9.58. The number of carboxylic acid groups (broad SMARTS) is 1. The number of halogens is 2. The van der Waals surface area contributed by atoms with Crippen LogP contribution in [-0.2, 0) is 4.79 Å². The monoisotopic (exact) mass is 354 g/mol. The summed E-state index contributed by atoms with van der Waals surface area (Å²) in [5.74, 6) is 0.0444. The van der Waals surface area contributed by atoms with Gasteiger partial charge in [0.1, 0.15) is 5.75 Å². The molecule has 0 radical (unpaired) electrons. The van der Waals surface area contributed by atoms with Crippen molar-refractivity contribution in [2.24, 2.45) is 0 Å². The van der Waals surface area contributed by atoms with Crippen LogP contribution < -0.4 is 4.74 Å². The Morgan fingerprint density at radius 1 is 1.48 bits per heavy atom. The maximum absolute atomic E-state index is 11.3. The van der Waals surface area contributed by atoms with E-state index in [1.165, 1.54) is 0 Å². The molecule has 2 rings (SSSR count). The number of alkyl halides is 1. The van der Waals surface area contributed by atoms with Crippen LogP contribution >= 0.6 is 23.2 Å². The highest BCUT2D eigenvalue weighted by atomic mass is 35.5. The molecule has 0 aliphatic heterocycles. The van der Waals surface area contributed by atoms with Crippen LogP contribution in [-0.4, -0.2) is 33.6 Å². The fourth-order valence-corrected chi connectivity index (χ4v) is 2.48. The van der Waals surface area contributed by atoms with Crippen molar-refractivity contribution >= 4 is 35.2 Å². The van der Waals surface area contributed by atoms with Crippen molar-refractivity contribution in [3.63, 3.8) is 0 Å². The van der Waals surface area contributed by atoms with Crippen molar-refractivity contribution in [3.8, 4) is 11.4 Å². The molecular weight excluding hydrogens is 339 g/mol. The average Bonchev–Trinajstić information content (AvgIpc) is 2.96. The first-order chi connectivity index (χ1) is 11.1. The minimum atomic E-state index is -0.948. The van der Waals surface area contributed by atoms with Gasteiger partial charge < -0.3 is 9.84 Å². The van der Waals surface area contributed by atoms with Crippen LogP contribution in [0.3, 0.4) is 0 Å². The smallest absolute Gasteiger partial charge is 0.331 e. The SMILES string of the molecule is COc1cc(C=C(CCCCl)C(=O)O)ccc1-n1ccnc1Cl. The van der Waals surface area contributed by atoms with Gasteiger partial charge in [-0.25, -0.2) is 9.78 Å². The minimum Gasteiger partial charge on any atom is -0.495 e. The number of aliphatic carboxylic acids is 1. The molecule has 0 aliphatic carbocycles. The van der Waals surface area contributed by atoms with Crippen molar-refractivity contribution in [1.29, 1.82) is 0 Å². The molecule has 0 unspecified atom stereocenters. The van der Waals surface area contributed by atoms with Crippen LogP contribution in [0.5, 0.6) is 5.75 Å². The zero-order valence-electron chi connectivity index (χ0n) is 12.5. The van der Waals surface area contributed by atoms with Gasteiger partial charge in [-0.05, 0) is 48.2 Å². The van der Waals surface area contributed by atoms with Crippen LogP contribution in [0, 0.1) is 0 Å². The molecule has 1 aromatic carbocycles. The summed E-state index contributed by atoms with van der Waals surface area (Å²) in [4.78, 5) is 15.3. The van der Waals surface area contributed by atoms with Crippen LogP contribution in [0.2, 0.25) is 5.28 Å². The molecule has 1 N–H and O–H groups in total. The van der Waals surface area contributed by atoms with E-state index in [2.05, 4.69) is 4.98 Å². The van der Waals surface area contributed by atoms with Crippen LogP contribution in [0.25, 0.3) is 11.8 Å². The fourth-order valence-electron chi connectivity index (χ4n) is 2.15. The third-order valence-electron chi connectivity index (χ3n) is 3.25. The Balaban J connectivity index is 2.38. The zero-order valence-corrected chi connectivity index (χ0v) is 14.0. The van der Waals surface area contributed by atoms with Gasteiger partial charge in [-0.3, -0.25) is 4.57 Å². The molecule has 0 amide bonds. The molecule has 0 bridgehead atoms. The van der Waals surface area contributed by atoms with E-state index in [-0.39, 0.29) is 0 Å². The van der Waals surface area contributed by atoms with E-state index in [1.807, 2.05) is 0 Å². The molecular formula is C16H16Cl2N2O3. The maximum atomic E-state index is 11.3. The number of nitrogens with zero attached hydrogens (tertiary/aromatic N) is 2. The third kappa shape index (κ3) is 4.27. The van der Waals surface area contributed by atoms with Gasteiger partial charge in [0.05, 0.1) is 12.8 Å². The Bertz CT molecular complexity index is 726. The van der Waals surface area contributed by atoms with Gasteiger partial charge in [-0.1, -0.05) is 6.07 Å². The van der Waals surface area contributed by atoms with Gasteiger partial charge in [-0.15, -0.1) is 11.6 Å². The topological polar surface area (TPSA) is 64.3 Å². The molecule has 0 saturated carbocycles. The number of benzene rings is 1. The summed E-state index contributed by atoms with van der Waals surface area (Å²) in [6, 6.07) is 5.37. The second-order valence-corrected chi connectivity index (χ2v) is 5.48. The number of imidazole rings is 1. The first kappa shape index (κ1) is 17.4. The van der Waals surface area contributed by atoms with E-state index in [1.54, 1.807) is 48.3 Å². The van der Waals surface area contributed by atoms with Gasteiger partial charge in [0.15, 0.2) is 0 Å². The van der Waals surface area contributed by atoms with Crippen LogP contribution in [0.15, 0.2) is 36.2 Å². The van der Waals surface area contributed by atoms with E-state index in [0.717, 1.165) is 11.3 Å². The molecule has 0 spiro atoms. The molecule has 1 heterocycles. The lowest BCUT2D eigenvalue weighted by atomic mass is 10.1. The summed E-state index contributed by atoms with van der Waals surface area (Å²) in [7, 11) is 1.54. The van der Waals surface area contributed by atoms with Crippen molar-refractivity contribution < 1.29 is 14.6 Å². The average molecular weight is 355 g/mol. The molecule has 5 nitrogen and oxygen atoms in total. The van der Waals surface area contributed by atoms with Gasteiger partial charge in [0.25, 0.3) is 0 Å². The molecule has 1 aromatic heterocycles. The molecule has 23 heavy (non-hydrogen) atoms. The third-order valence-corrected chi connectivity index (χ3v) is 3.80. The lowest BCUT2D eigenvalue weighted by Gasteiger charge is -2.11. The predicted molar refractivity (Wildman–Crippen MR) is 90.7 cm³/mol. The van der Waals surface area contributed by atoms with E-state index in [0.29, 0.717) is 35.3 Å². The van der Waals surface area contributed by atoms with Crippen molar-refractivity contribution in [3.05, 3.63) is 47.0 Å². The zero-order chi connectivity index (χ0) is 16.8. The minimum absolute atomic E-state index is 0.307. The largest absolute Gasteiger partial charge is 0.495 e. The Kier molecular flexibility index (Phi) is 6.07. The number of methoxy groups -OCH3 is 1. The summed E-state index contributed by atoms with van der Waals surface area (Å²) in [5.41, 5.74) is 1.76. The van der Waals surface area contributed by atoms with E-state index in [9.17, 15) is 9.90 Å². The lowest BCUT2D eigenvalue weighted by molar-refractivity contribution is -0.132. The Morgan fingerprint density at radius 3 is 2.83 bits per heavy atom. The summed E-state index contributed by atoms with van der Waals surface area (Å²) >= 11 is 11.7. The van der Waals surface area contributed by atoms with E-state index in [4.69, 9.17) is 27.9 Å². The van der Waals surface area contributed by atoms with Gasteiger partial charge in [-0.2, -0.15) is 0 Å². The summed E-state index contributed by atoms with van der Waals surface area (Å²) in [6.45, 7) is 0. The van der Waals surface area contributed by atoms with Crippen LogP contribution in [0.1, 0.15) is 18.4 Å². The summed E-state index contributed by atoms with van der Waals surface area (Å²) < 4.78 is 7.06. The van der Waals surface area contributed by atoms with Gasteiger partial charge >= 0.3 is 5.97 Å². The second-order valence-electron chi connectivity index (χ2n) is 4.76. The number of aromatic nitrogens is 2. The number of carbonyl (C=O) groups is 1. The predicted octanol–water partition coefficient (Wildman–Crippen LogP) is 4.02. The number of carboxylic acids is 1. The molecule has 0 saturated heterocycles. The first-order valence-corrected chi connectivity index (χ1v) is 7.85. The van der Waals surface area contributed by atoms with Gasteiger partial charge in [0, 0.05) is 23.8 Å². The maximum Gasteiger partial charge on any atom is 0.331 e. The highest BCUT2D eigenvalue weighted by Gasteiger charge is 2.11. The standard InChI is InChI=1S/C16H16Cl2N2O3/c1-23-14-10-11(9-12(15(21)22)3-2-6-17)4-5-13(14)20-8-7-19-16(20)18/h4-5,7-10H,2-3,6H2,1H3,(H,21,22). The van der Waals surface area contributed by atoms with Crippen molar-refractivity contribution in [2.75, 3.05) is 13.0 Å². The molecule has 0 fully saturated rings. The number of hydrogen-bond donors (Lipinski definition) is 1. The molecule has 122 valence electrons. The molecule has 0 aliphatic rings. The Morgan fingerprint density at radius 2 is 2.26 bits per heavy atom. The molecule has 7 heteroatoms. The van der Waals surface area contributed by atoms with E-state index >= 15 is 0 Å². The quantitative estimate of drug-likeness (QED) is 0.602. The number of rotatable bonds is 7. The second kappa shape index (κ2) is 8.04. The fraction of sp³-hybridized carbons (Fsp3) is 0.250. The van der Waals surface area contributed by atoms with Crippen molar-refractivity contribution in [1.82, 2.24) is 9.55 Å². The Hall–Kier alpha value is -1.98. The van der Waals surface area contributed by atoms with E-state index < -0.39 is 5.97 Å². The lowest BCUT2D eigenvalue weighted by Crippen LogP contribution is -2.01. The molecule has 2 aromatic rings. The summed E-state index contributed by atoms with van der Waals surface area (Å²) in [6.07, 6.45) is 5.95. The number of hydrogen-bond acceptors (Lipinski definition) is 3. The Labute approximate surface area is 144 Å². The first-order valence-electron chi connectivity index (χ1n) is 6.94. The highest BCUT2D eigenvalue weighted by molar-refractivity contribution is 6.28. The van der Waals surface area contributed by atoms with Crippen molar-refractivity contribution in [2.45, 2.75) is 12.8 Å².